The molecule has 0 bridgehead atoms. The van der Waals surface area contributed by atoms with E-state index in [0.717, 1.165) is 12.8 Å². The van der Waals surface area contributed by atoms with Gasteiger partial charge in [0.15, 0.2) is 0 Å². The number of nitrogens with zero attached hydrogens (tertiary/aromatic N) is 2. The average molecular weight is 249 g/mol. The molecule has 2 fully saturated rings. The van der Waals surface area contributed by atoms with Crippen molar-refractivity contribution in [3.63, 3.8) is 0 Å². The third-order valence-corrected chi connectivity index (χ3v) is 3.70. The number of carbonyl (C=O) groups excluding carboxylic acids is 2. The van der Waals surface area contributed by atoms with Gasteiger partial charge in [0.25, 0.3) is 0 Å². The van der Waals surface area contributed by atoms with Gasteiger partial charge in [-0.1, -0.05) is 5.16 Å². The van der Waals surface area contributed by atoms with Gasteiger partial charge in [0.05, 0.1) is 6.54 Å². The summed E-state index contributed by atoms with van der Waals surface area (Å²) in [7, 11) is 0. The van der Waals surface area contributed by atoms with Crippen molar-refractivity contribution in [1.82, 2.24) is 15.4 Å². The molecule has 6 nitrogen and oxygen atoms in total. The molecule has 2 amide bonds. The van der Waals surface area contributed by atoms with E-state index in [4.69, 9.17) is 4.52 Å². The van der Waals surface area contributed by atoms with Crippen LogP contribution in [0.1, 0.15) is 25.5 Å². The summed E-state index contributed by atoms with van der Waals surface area (Å²) in [5.41, 5.74) is -0.0739. The van der Waals surface area contributed by atoms with Gasteiger partial charge >= 0.3 is 0 Å². The molecular weight excluding hydrogens is 234 g/mol. The largest absolute Gasteiger partial charge is 0.364 e. The number of rotatable bonds is 3. The van der Waals surface area contributed by atoms with Crippen molar-refractivity contribution in [2.24, 2.45) is 5.92 Å². The highest BCUT2D eigenvalue weighted by Crippen LogP contribution is 2.41. The zero-order chi connectivity index (χ0) is 12.8. The molecule has 0 radical (unpaired) electrons. The lowest BCUT2D eigenvalue weighted by Crippen LogP contribution is -2.66. The van der Waals surface area contributed by atoms with Crippen molar-refractivity contribution in [3.8, 4) is 0 Å². The SMILES string of the molecule is CC1(C2CC2)NC(=O)CN(Cc2ccon2)C1=O. The van der Waals surface area contributed by atoms with E-state index in [0.29, 0.717) is 12.2 Å². The summed E-state index contributed by atoms with van der Waals surface area (Å²) in [6.07, 6.45) is 3.46. The lowest BCUT2D eigenvalue weighted by Gasteiger charge is -2.39. The van der Waals surface area contributed by atoms with E-state index in [1.165, 1.54) is 6.26 Å². The molecule has 1 atom stereocenters. The van der Waals surface area contributed by atoms with Crippen LogP contribution < -0.4 is 5.32 Å². The summed E-state index contributed by atoms with van der Waals surface area (Å²) in [4.78, 5) is 25.8. The van der Waals surface area contributed by atoms with Crippen LogP contribution in [0.5, 0.6) is 0 Å². The lowest BCUT2D eigenvalue weighted by molar-refractivity contribution is -0.150. The third-order valence-electron chi connectivity index (χ3n) is 3.70. The molecule has 1 aliphatic carbocycles. The van der Waals surface area contributed by atoms with Crippen molar-refractivity contribution in [1.29, 1.82) is 0 Å². The summed E-state index contributed by atoms with van der Waals surface area (Å²) in [5, 5.41) is 6.62. The van der Waals surface area contributed by atoms with Crippen molar-refractivity contribution in [3.05, 3.63) is 18.0 Å². The van der Waals surface area contributed by atoms with E-state index in [-0.39, 0.29) is 24.3 Å². The highest BCUT2D eigenvalue weighted by molar-refractivity contribution is 5.98. The fourth-order valence-electron chi connectivity index (χ4n) is 2.54. The normalized spacial score (nSPS) is 28.4. The van der Waals surface area contributed by atoms with Gasteiger partial charge in [-0.3, -0.25) is 9.59 Å². The first-order valence-electron chi connectivity index (χ1n) is 6.09. The number of nitrogens with one attached hydrogen (secondary N) is 1. The Kier molecular flexibility index (Phi) is 2.39. The Morgan fingerprint density at radius 1 is 1.56 bits per heavy atom. The average Bonchev–Trinajstić information content (AvgIpc) is 3.06. The molecule has 1 saturated heterocycles. The third kappa shape index (κ3) is 1.77. The number of hydrogen-bond acceptors (Lipinski definition) is 4. The van der Waals surface area contributed by atoms with E-state index in [2.05, 4.69) is 10.5 Å². The maximum Gasteiger partial charge on any atom is 0.249 e. The Bertz CT molecular complexity index is 481. The number of piperazine rings is 1. The smallest absolute Gasteiger partial charge is 0.249 e. The van der Waals surface area contributed by atoms with Crippen LogP contribution in [0.3, 0.4) is 0 Å². The molecule has 1 N–H and O–H groups in total. The molecular formula is C12H15N3O3. The van der Waals surface area contributed by atoms with Gasteiger partial charge in [0.1, 0.15) is 24.0 Å². The van der Waals surface area contributed by atoms with E-state index in [9.17, 15) is 9.59 Å². The van der Waals surface area contributed by atoms with Gasteiger partial charge in [0, 0.05) is 6.07 Å². The summed E-state index contributed by atoms with van der Waals surface area (Å²) < 4.78 is 4.74. The van der Waals surface area contributed by atoms with Gasteiger partial charge in [-0.2, -0.15) is 0 Å². The van der Waals surface area contributed by atoms with Crippen LogP contribution >= 0.6 is 0 Å². The second-order valence-corrected chi connectivity index (χ2v) is 5.18. The molecule has 1 aromatic rings. The maximum absolute atomic E-state index is 12.5. The Morgan fingerprint density at radius 3 is 2.94 bits per heavy atom. The predicted molar refractivity (Wildman–Crippen MR) is 61.2 cm³/mol. The lowest BCUT2D eigenvalue weighted by atomic mass is 9.91. The van der Waals surface area contributed by atoms with Crippen molar-refractivity contribution < 1.29 is 14.1 Å². The fraction of sp³-hybridized carbons (Fsp3) is 0.583. The van der Waals surface area contributed by atoms with Crippen LogP contribution in [-0.4, -0.2) is 34.0 Å². The monoisotopic (exact) mass is 249 g/mol. The maximum atomic E-state index is 12.5. The first-order chi connectivity index (χ1) is 8.59. The van der Waals surface area contributed by atoms with Crippen molar-refractivity contribution in [2.45, 2.75) is 31.8 Å². The van der Waals surface area contributed by atoms with E-state index in [1.54, 1.807) is 11.0 Å². The Morgan fingerprint density at radius 2 is 2.33 bits per heavy atom. The molecule has 18 heavy (non-hydrogen) atoms. The molecule has 3 rings (SSSR count). The summed E-state index contributed by atoms with van der Waals surface area (Å²) in [5.74, 6) is 0.147. The fourth-order valence-corrected chi connectivity index (χ4v) is 2.54. The second-order valence-electron chi connectivity index (χ2n) is 5.18. The van der Waals surface area contributed by atoms with E-state index in [1.807, 2.05) is 6.92 Å². The van der Waals surface area contributed by atoms with Crippen LogP contribution in [0.25, 0.3) is 0 Å². The summed E-state index contributed by atoms with van der Waals surface area (Å²) in [6, 6.07) is 1.70. The quantitative estimate of drug-likeness (QED) is 0.836. The van der Waals surface area contributed by atoms with Crippen LogP contribution in [-0.2, 0) is 16.1 Å². The first-order valence-corrected chi connectivity index (χ1v) is 6.09. The molecule has 0 spiro atoms. The van der Waals surface area contributed by atoms with Crippen LogP contribution in [0.4, 0.5) is 0 Å². The summed E-state index contributed by atoms with van der Waals surface area (Å²) in [6.45, 7) is 2.24. The molecule has 1 aliphatic heterocycles. The standard InChI is InChI=1S/C12H15N3O3/c1-12(8-2-3-8)11(17)15(7-10(16)13-12)6-9-4-5-18-14-9/h4-5,8H,2-3,6-7H2,1H3,(H,13,16). The van der Waals surface area contributed by atoms with E-state index < -0.39 is 5.54 Å². The molecule has 1 unspecified atom stereocenters. The first kappa shape index (κ1) is 11.3. The van der Waals surface area contributed by atoms with Gasteiger partial charge < -0.3 is 14.7 Å². The van der Waals surface area contributed by atoms with Gasteiger partial charge in [-0.25, -0.2) is 0 Å². The van der Waals surface area contributed by atoms with Gasteiger partial charge in [0.2, 0.25) is 11.8 Å². The molecule has 96 valence electrons. The molecule has 6 heteroatoms. The minimum absolute atomic E-state index is 0.0207. The molecule has 0 aromatic carbocycles. The molecule has 2 aliphatic rings. The zero-order valence-corrected chi connectivity index (χ0v) is 10.2. The topological polar surface area (TPSA) is 75.4 Å². The zero-order valence-electron chi connectivity index (χ0n) is 10.2. The highest BCUT2D eigenvalue weighted by atomic mass is 16.5. The van der Waals surface area contributed by atoms with Crippen LogP contribution in [0.15, 0.2) is 16.9 Å². The molecule has 1 aromatic heterocycles. The van der Waals surface area contributed by atoms with Crippen molar-refractivity contribution >= 4 is 11.8 Å². The number of aromatic nitrogens is 1. The van der Waals surface area contributed by atoms with Gasteiger partial charge in [-0.05, 0) is 25.7 Å². The second kappa shape index (κ2) is 3.83. The minimum Gasteiger partial charge on any atom is -0.364 e. The Labute approximate surface area is 104 Å². The predicted octanol–water partition coefficient (Wildman–Crippen LogP) is 0.302. The minimum atomic E-state index is -0.737. The molecule has 1 saturated carbocycles. The Balaban J connectivity index is 1.81. The molecule has 2 heterocycles. The van der Waals surface area contributed by atoms with Gasteiger partial charge in [-0.15, -0.1) is 0 Å². The summed E-state index contributed by atoms with van der Waals surface area (Å²) >= 11 is 0. The van der Waals surface area contributed by atoms with Crippen LogP contribution in [0, 0.1) is 5.92 Å². The van der Waals surface area contributed by atoms with Crippen molar-refractivity contribution in [2.75, 3.05) is 6.54 Å². The van der Waals surface area contributed by atoms with Crippen LogP contribution in [0.2, 0.25) is 0 Å². The number of hydrogen-bond donors (Lipinski definition) is 1. The number of amides is 2. The highest BCUT2D eigenvalue weighted by Gasteiger charge is 2.52. The number of carbonyl (C=O) groups is 2. The Hall–Kier alpha value is -1.85. The van der Waals surface area contributed by atoms with E-state index >= 15 is 0 Å².